The molecule has 0 spiro atoms. The summed E-state index contributed by atoms with van der Waals surface area (Å²) in [6, 6.07) is 4.12. The van der Waals surface area contributed by atoms with Crippen LogP contribution in [0.4, 0.5) is 4.39 Å². The lowest BCUT2D eigenvalue weighted by molar-refractivity contribution is 0.577. The first-order valence-electron chi connectivity index (χ1n) is 5.50. The Kier molecular flexibility index (Phi) is 6.01. The zero-order chi connectivity index (χ0) is 13.6. The van der Waals surface area contributed by atoms with Crippen molar-refractivity contribution < 1.29 is 12.8 Å². The molecule has 0 saturated carbocycles. The molecule has 0 saturated heterocycles. The summed E-state index contributed by atoms with van der Waals surface area (Å²) in [5.41, 5.74) is 0.624. The fraction of sp³-hybridized carbons (Fsp3) is 0.455. The molecule has 2 N–H and O–H groups in total. The van der Waals surface area contributed by atoms with E-state index in [1.165, 1.54) is 18.2 Å². The third-order valence-corrected chi connectivity index (χ3v) is 4.02. The first-order chi connectivity index (χ1) is 8.44. The summed E-state index contributed by atoms with van der Waals surface area (Å²) in [6.07, 6.45) is 0.538. The molecular formula is C11H16ClFN2O2S. The minimum Gasteiger partial charge on any atom is -0.320 e. The van der Waals surface area contributed by atoms with Gasteiger partial charge in [-0.3, -0.25) is 0 Å². The fourth-order valence-electron chi connectivity index (χ4n) is 1.35. The van der Waals surface area contributed by atoms with Crippen LogP contribution in [0.2, 0.25) is 5.02 Å². The highest BCUT2D eigenvalue weighted by molar-refractivity contribution is 7.89. The van der Waals surface area contributed by atoms with Gasteiger partial charge in [-0.1, -0.05) is 17.7 Å². The highest BCUT2D eigenvalue weighted by Gasteiger charge is 2.09. The predicted molar refractivity (Wildman–Crippen MR) is 70.6 cm³/mol. The minimum absolute atomic E-state index is 0.0121. The summed E-state index contributed by atoms with van der Waals surface area (Å²) in [5.74, 6) is -0.458. The topological polar surface area (TPSA) is 58.2 Å². The van der Waals surface area contributed by atoms with Crippen molar-refractivity contribution in [3.8, 4) is 0 Å². The number of benzene rings is 1. The van der Waals surface area contributed by atoms with E-state index in [4.69, 9.17) is 11.6 Å². The first-order valence-corrected chi connectivity index (χ1v) is 7.53. The summed E-state index contributed by atoms with van der Waals surface area (Å²) < 4.78 is 38.5. The molecule has 4 nitrogen and oxygen atoms in total. The van der Waals surface area contributed by atoms with Crippen LogP contribution in [0, 0.1) is 5.82 Å². The van der Waals surface area contributed by atoms with Crippen molar-refractivity contribution in [2.24, 2.45) is 0 Å². The second kappa shape index (κ2) is 7.04. The van der Waals surface area contributed by atoms with E-state index < -0.39 is 15.8 Å². The lowest BCUT2D eigenvalue weighted by Crippen LogP contribution is -2.27. The molecule has 1 aromatic carbocycles. The van der Waals surface area contributed by atoms with Gasteiger partial charge in [0.2, 0.25) is 10.0 Å². The summed E-state index contributed by atoms with van der Waals surface area (Å²) in [6.45, 7) is 0.755. The van der Waals surface area contributed by atoms with E-state index in [0.717, 1.165) is 0 Å². The highest BCUT2D eigenvalue weighted by Crippen LogP contribution is 2.15. The molecule has 0 fully saturated rings. The molecule has 0 aliphatic heterocycles. The van der Waals surface area contributed by atoms with E-state index in [1.807, 2.05) is 0 Å². The Morgan fingerprint density at radius 3 is 2.72 bits per heavy atom. The molecule has 0 aromatic heterocycles. The van der Waals surface area contributed by atoms with Crippen molar-refractivity contribution in [3.63, 3.8) is 0 Å². The van der Waals surface area contributed by atoms with E-state index in [2.05, 4.69) is 10.0 Å². The molecular weight excluding hydrogens is 279 g/mol. The average Bonchev–Trinajstić information content (AvgIpc) is 2.31. The Labute approximate surface area is 112 Å². The maximum atomic E-state index is 12.9. The van der Waals surface area contributed by atoms with Crippen LogP contribution in [0.1, 0.15) is 12.0 Å². The van der Waals surface area contributed by atoms with Crippen LogP contribution in [0.25, 0.3) is 0 Å². The molecule has 1 rings (SSSR count). The number of hydrogen-bond donors (Lipinski definition) is 2. The van der Waals surface area contributed by atoms with Crippen molar-refractivity contribution in [2.45, 2.75) is 13.0 Å². The number of hydrogen-bond acceptors (Lipinski definition) is 3. The zero-order valence-electron chi connectivity index (χ0n) is 10.0. The molecule has 0 heterocycles. The second-order valence-electron chi connectivity index (χ2n) is 3.85. The van der Waals surface area contributed by atoms with Gasteiger partial charge in [-0.15, -0.1) is 0 Å². The Hall–Kier alpha value is -0.690. The standard InChI is InChI=1S/C11H16ClFN2O2S/c1-14-5-2-6-18(16,17)15-8-9-3-4-11(13)10(12)7-9/h3-4,7,14-15H,2,5-6,8H2,1H3. The van der Waals surface area contributed by atoms with Gasteiger partial charge in [0.05, 0.1) is 10.8 Å². The van der Waals surface area contributed by atoms with Crippen LogP contribution < -0.4 is 10.0 Å². The van der Waals surface area contributed by atoms with E-state index >= 15 is 0 Å². The molecule has 0 aliphatic carbocycles. The normalized spacial score (nSPS) is 11.7. The summed E-state index contributed by atoms with van der Waals surface area (Å²) in [7, 11) is -1.54. The Morgan fingerprint density at radius 2 is 2.11 bits per heavy atom. The molecule has 0 bridgehead atoms. The van der Waals surface area contributed by atoms with Crippen LogP contribution in [0.15, 0.2) is 18.2 Å². The molecule has 7 heteroatoms. The van der Waals surface area contributed by atoms with E-state index in [-0.39, 0.29) is 17.3 Å². The Bertz CT molecular complexity index is 494. The van der Waals surface area contributed by atoms with Crippen molar-refractivity contribution >= 4 is 21.6 Å². The molecule has 1 aromatic rings. The lowest BCUT2D eigenvalue weighted by Gasteiger charge is -2.07. The number of nitrogens with one attached hydrogen (secondary N) is 2. The molecule has 0 unspecified atom stereocenters. The molecule has 18 heavy (non-hydrogen) atoms. The Balaban J connectivity index is 2.51. The Morgan fingerprint density at radius 1 is 1.39 bits per heavy atom. The van der Waals surface area contributed by atoms with Crippen LogP contribution >= 0.6 is 11.6 Å². The summed E-state index contributed by atoms with van der Waals surface area (Å²) in [5, 5.41) is 2.86. The largest absolute Gasteiger partial charge is 0.320 e. The van der Waals surface area contributed by atoms with Crippen LogP contribution in [-0.2, 0) is 16.6 Å². The summed E-state index contributed by atoms with van der Waals surface area (Å²) >= 11 is 5.61. The third-order valence-electron chi connectivity index (χ3n) is 2.32. The SMILES string of the molecule is CNCCCS(=O)(=O)NCc1ccc(F)c(Cl)c1. The van der Waals surface area contributed by atoms with Gasteiger partial charge in [-0.05, 0) is 37.7 Å². The van der Waals surface area contributed by atoms with E-state index in [1.54, 1.807) is 7.05 Å². The quantitative estimate of drug-likeness (QED) is 0.750. The maximum Gasteiger partial charge on any atom is 0.211 e. The smallest absolute Gasteiger partial charge is 0.211 e. The summed E-state index contributed by atoms with van der Waals surface area (Å²) in [4.78, 5) is 0. The molecule has 102 valence electrons. The van der Waals surface area contributed by atoms with Gasteiger partial charge >= 0.3 is 0 Å². The number of rotatable bonds is 7. The van der Waals surface area contributed by atoms with E-state index in [9.17, 15) is 12.8 Å². The predicted octanol–water partition coefficient (Wildman–Crippen LogP) is 1.51. The van der Waals surface area contributed by atoms with Gasteiger partial charge in [-0.25, -0.2) is 17.5 Å². The fourth-order valence-corrected chi connectivity index (χ4v) is 2.61. The van der Waals surface area contributed by atoms with Crippen LogP contribution in [0.5, 0.6) is 0 Å². The maximum absolute atomic E-state index is 12.9. The average molecular weight is 295 g/mol. The molecule has 0 atom stereocenters. The van der Waals surface area contributed by atoms with Crippen molar-refractivity contribution in [3.05, 3.63) is 34.6 Å². The molecule has 0 radical (unpaired) electrons. The zero-order valence-corrected chi connectivity index (χ0v) is 11.6. The van der Waals surface area contributed by atoms with Gasteiger partial charge < -0.3 is 5.32 Å². The molecule has 0 aliphatic rings. The first kappa shape index (κ1) is 15.4. The van der Waals surface area contributed by atoms with E-state index in [0.29, 0.717) is 18.5 Å². The van der Waals surface area contributed by atoms with Crippen LogP contribution in [0.3, 0.4) is 0 Å². The van der Waals surface area contributed by atoms with Gasteiger partial charge in [0.1, 0.15) is 5.82 Å². The van der Waals surface area contributed by atoms with Gasteiger partial charge in [0.25, 0.3) is 0 Å². The lowest BCUT2D eigenvalue weighted by atomic mass is 10.2. The van der Waals surface area contributed by atoms with Gasteiger partial charge in [0, 0.05) is 6.54 Å². The van der Waals surface area contributed by atoms with Gasteiger partial charge in [-0.2, -0.15) is 0 Å². The molecule has 0 amide bonds. The van der Waals surface area contributed by atoms with Crippen molar-refractivity contribution in [1.29, 1.82) is 0 Å². The second-order valence-corrected chi connectivity index (χ2v) is 6.18. The third kappa shape index (κ3) is 5.30. The number of sulfonamides is 1. The van der Waals surface area contributed by atoms with Crippen LogP contribution in [-0.4, -0.2) is 27.8 Å². The van der Waals surface area contributed by atoms with Crippen molar-refractivity contribution in [2.75, 3.05) is 19.3 Å². The van der Waals surface area contributed by atoms with Crippen molar-refractivity contribution in [1.82, 2.24) is 10.0 Å². The highest BCUT2D eigenvalue weighted by atomic mass is 35.5. The van der Waals surface area contributed by atoms with Gasteiger partial charge in [0.15, 0.2) is 0 Å². The number of halogens is 2. The monoisotopic (exact) mass is 294 g/mol. The minimum atomic E-state index is -3.30.